The number of rotatable bonds is 1. The topological polar surface area (TPSA) is 9.23 Å². The zero-order valence-corrected chi connectivity index (χ0v) is 9.67. The zero-order chi connectivity index (χ0) is 8.43. The SMILES string of the molecule is CC1CC(C)C(C)C(CI)O1. The van der Waals surface area contributed by atoms with Gasteiger partial charge in [-0.2, -0.15) is 0 Å². The van der Waals surface area contributed by atoms with Gasteiger partial charge in [-0.15, -0.1) is 0 Å². The number of hydrogen-bond acceptors (Lipinski definition) is 1. The first-order valence-corrected chi connectivity index (χ1v) is 5.89. The van der Waals surface area contributed by atoms with E-state index < -0.39 is 0 Å². The van der Waals surface area contributed by atoms with Crippen molar-refractivity contribution in [3.8, 4) is 0 Å². The Morgan fingerprint density at radius 3 is 2.55 bits per heavy atom. The first-order valence-electron chi connectivity index (χ1n) is 4.36. The van der Waals surface area contributed by atoms with E-state index in [0.717, 1.165) is 16.3 Å². The van der Waals surface area contributed by atoms with E-state index in [0.29, 0.717) is 12.2 Å². The lowest BCUT2D eigenvalue weighted by Gasteiger charge is -2.37. The monoisotopic (exact) mass is 268 g/mol. The van der Waals surface area contributed by atoms with E-state index in [2.05, 4.69) is 43.4 Å². The van der Waals surface area contributed by atoms with Crippen LogP contribution in [0.3, 0.4) is 0 Å². The van der Waals surface area contributed by atoms with Crippen molar-refractivity contribution in [2.24, 2.45) is 11.8 Å². The molecule has 66 valence electrons. The number of hydrogen-bond donors (Lipinski definition) is 0. The first-order chi connectivity index (χ1) is 5.15. The van der Waals surface area contributed by atoms with Crippen LogP contribution in [-0.2, 0) is 4.74 Å². The molecule has 1 aliphatic rings. The average molecular weight is 268 g/mol. The van der Waals surface area contributed by atoms with Crippen molar-refractivity contribution >= 4 is 22.6 Å². The summed E-state index contributed by atoms with van der Waals surface area (Å²) in [6.07, 6.45) is 2.20. The second kappa shape index (κ2) is 4.08. The molecule has 1 heterocycles. The quantitative estimate of drug-likeness (QED) is 0.525. The smallest absolute Gasteiger partial charge is 0.0696 e. The molecule has 4 unspecified atom stereocenters. The molecule has 2 heteroatoms. The fourth-order valence-electron chi connectivity index (χ4n) is 1.76. The predicted octanol–water partition coefficient (Wildman–Crippen LogP) is 2.87. The summed E-state index contributed by atoms with van der Waals surface area (Å²) in [6.45, 7) is 6.82. The predicted molar refractivity (Wildman–Crippen MR) is 56.2 cm³/mol. The van der Waals surface area contributed by atoms with Crippen LogP contribution in [0, 0.1) is 11.8 Å². The van der Waals surface area contributed by atoms with Crippen LogP contribution in [0.25, 0.3) is 0 Å². The Hall–Kier alpha value is 0.690. The molecule has 1 aliphatic heterocycles. The minimum atomic E-state index is 0.473. The highest BCUT2D eigenvalue weighted by atomic mass is 127. The Morgan fingerprint density at radius 2 is 2.00 bits per heavy atom. The second-order valence-corrected chi connectivity index (χ2v) is 4.59. The van der Waals surface area contributed by atoms with Crippen molar-refractivity contribution in [1.82, 2.24) is 0 Å². The summed E-state index contributed by atoms with van der Waals surface area (Å²) in [6, 6.07) is 0. The Kier molecular flexibility index (Phi) is 3.62. The van der Waals surface area contributed by atoms with Gasteiger partial charge in [0.15, 0.2) is 0 Å². The van der Waals surface area contributed by atoms with Gasteiger partial charge in [-0.1, -0.05) is 36.4 Å². The lowest BCUT2D eigenvalue weighted by Crippen LogP contribution is -2.38. The van der Waals surface area contributed by atoms with Crippen molar-refractivity contribution < 1.29 is 4.74 Å². The van der Waals surface area contributed by atoms with E-state index in [4.69, 9.17) is 4.74 Å². The van der Waals surface area contributed by atoms with Crippen LogP contribution in [0.2, 0.25) is 0 Å². The van der Waals surface area contributed by atoms with Crippen LogP contribution in [0.15, 0.2) is 0 Å². The van der Waals surface area contributed by atoms with Crippen LogP contribution in [0.1, 0.15) is 27.2 Å². The molecule has 1 rings (SSSR count). The molecule has 1 fully saturated rings. The minimum Gasteiger partial charge on any atom is -0.374 e. The van der Waals surface area contributed by atoms with Gasteiger partial charge in [0.2, 0.25) is 0 Å². The van der Waals surface area contributed by atoms with E-state index in [1.807, 2.05) is 0 Å². The highest BCUT2D eigenvalue weighted by molar-refractivity contribution is 14.1. The standard InChI is InChI=1S/C9H17IO/c1-6-4-7(2)11-9(5-10)8(6)3/h6-9H,4-5H2,1-3H3. The van der Waals surface area contributed by atoms with Gasteiger partial charge < -0.3 is 4.74 Å². The van der Waals surface area contributed by atoms with Gasteiger partial charge in [-0.05, 0) is 25.2 Å². The number of alkyl halides is 1. The molecule has 1 saturated heterocycles. The summed E-state index contributed by atoms with van der Waals surface area (Å²) < 4.78 is 6.94. The summed E-state index contributed by atoms with van der Waals surface area (Å²) in [4.78, 5) is 0. The van der Waals surface area contributed by atoms with Crippen molar-refractivity contribution in [1.29, 1.82) is 0 Å². The van der Waals surface area contributed by atoms with Gasteiger partial charge in [-0.25, -0.2) is 0 Å². The Morgan fingerprint density at radius 1 is 1.36 bits per heavy atom. The Labute approximate surface area is 83.0 Å². The molecule has 4 atom stereocenters. The molecule has 0 spiro atoms. The van der Waals surface area contributed by atoms with Crippen LogP contribution in [-0.4, -0.2) is 16.6 Å². The molecule has 0 aromatic rings. The Balaban J connectivity index is 2.51. The highest BCUT2D eigenvalue weighted by Gasteiger charge is 2.30. The molecule has 0 bridgehead atoms. The molecular formula is C9H17IO. The van der Waals surface area contributed by atoms with Crippen molar-refractivity contribution in [3.05, 3.63) is 0 Å². The minimum absolute atomic E-state index is 0.473. The van der Waals surface area contributed by atoms with Crippen LogP contribution < -0.4 is 0 Å². The van der Waals surface area contributed by atoms with E-state index >= 15 is 0 Å². The van der Waals surface area contributed by atoms with Crippen molar-refractivity contribution in [2.75, 3.05) is 4.43 Å². The second-order valence-electron chi connectivity index (χ2n) is 3.71. The van der Waals surface area contributed by atoms with Gasteiger partial charge in [-0.3, -0.25) is 0 Å². The molecule has 0 amide bonds. The lowest BCUT2D eigenvalue weighted by molar-refractivity contribution is -0.0790. The molecule has 0 radical (unpaired) electrons. The molecule has 11 heavy (non-hydrogen) atoms. The molecule has 0 aromatic carbocycles. The van der Waals surface area contributed by atoms with E-state index in [1.165, 1.54) is 6.42 Å². The van der Waals surface area contributed by atoms with Crippen molar-refractivity contribution in [3.63, 3.8) is 0 Å². The van der Waals surface area contributed by atoms with Crippen LogP contribution >= 0.6 is 22.6 Å². The number of ether oxygens (including phenoxy) is 1. The summed E-state index contributed by atoms with van der Waals surface area (Å²) >= 11 is 2.42. The fourth-order valence-corrected chi connectivity index (χ4v) is 2.77. The maximum atomic E-state index is 5.81. The third-order valence-corrected chi connectivity index (χ3v) is 3.62. The summed E-state index contributed by atoms with van der Waals surface area (Å²) in [7, 11) is 0. The maximum absolute atomic E-state index is 5.81. The average Bonchev–Trinajstić information content (AvgIpc) is 1.96. The van der Waals surface area contributed by atoms with Gasteiger partial charge >= 0.3 is 0 Å². The molecule has 1 nitrogen and oxygen atoms in total. The van der Waals surface area contributed by atoms with Gasteiger partial charge in [0.25, 0.3) is 0 Å². The van der Waals surface area contributed by atoms with Crippen LogP contribution in [0.5, 0.6) is 0 Å². The summed E-state index contributed by atoms with van der Waals surface area (Å²) in [5, 5.41) is 0. The highest BCUT2D eigenvalue weighted by Crippen LogP contribution is 2.30. The van der Waals surface area contributed by atoms with Crippen LogP contribution in [0.4, 0.5) is 0 Å². The first kappa shape index (κ1) is 9.78. The largest absolute Gasteiger partial charge is 0.374 e. The van der Waals surface area contributed by atoms with Gasteiger partial charge in [0, 0.05) is 4.43 Å². The third-order valence-electron chi connectivity index (χ3n) is 2.75. The summed E-state index contributed by atoms with van der Waals surface area (Å²) in [5.74, 6) is 1.57. The third kappa shape index (κ3) is 2.31. The maximum Gasteiger partial charge on any atom is 0.0696 e. The molecule has 0 saturated carbocycles. The summed E-state index contributed by atoms with van der Waals surface area (Å²) in [5.41, 5.74) is 0. The van der Waals surface area contributed by atoms with Gasteiger partial charge in [0.05, 0.1) is 12.2 Å². The van der Waals surface area contributed by atoms with Gasteiger partial charge in [0.1, 0.15) is 0 Å². The van der Waals surface area contributed by atoms with Crippen molar-refractivity contribution in [2.45, 2.75) is 39.4 Å². The molecule has 0 aliphatic carbocycles. The van der Waals surface area contributed by atoms with E-state index in [-0.39, 0.29) is 0 Å². The molecule has 0 N–H and O–H groups in total. The molecular weight excluding hydrogens is 251 g/mol. The number of halogens is 1. The normalized spacial score (nSPS) is 45.8. The fraction of sp³-hybridized carbons (Fsp3) is 1.00. The van der Waals surface area contributed by atoms with E-state index in [9.17, 15) is 0 Å². The zero-order valence-electron chi connectivity index (χ0n) is 7.51. The Bertz CT molecular complexity index is 127. The lowest BCUT2D eigenvalue weighted by atomic mass is 9.84. The van der Waals surface area contributed by atoms with E-state index in [1.54, 1.807) is 0 Å². The molecule has 0 aromatic heterocycles.